The van der Waals surface area contributed by atoms with Gasteiger partial charge in [0.15, 0.2) is 6.10 Å². The summed E-state index contributed by atoms with van der Waals surface area (Å²) in [6, 6.07) is 0. The number of carbonyl (C=O) groups excluding carboxylic acids is 3. The van der Waals surface area contributed by atoms with Crippen molar-refractivity contribution < 1.29 is 23.9 Å². The molecular weight excluding hydrogens is 322 g/mol. The standard InChI is InChI=1S/C19H31NO5/c1-2-24-16(21)13-20-18(22)17(14-9-5-3-6-10-14)25-19(23)15-11-7-4-8-12-15/h14-15,17H,2-13H2,1H3,(H,20,22). The lowest BCUT2D eigenvalue weighted by Gasteiger charge is -2.30. The van der Waals surface area contributed by atoms with Gasteiger partial charge in [0.2, 0.25) is 0 Å². The third-order valence-electron chi connectivity index (χ3n) is 5.23. The van der Waals surface area contributed by atoms with Crippen molar-refractivity contribution in [2.45, 2.75) is 77.2 Å². The molecule has 2 rings (SSSR count). The summed E-state index contributed by atoms with van der Waals surface area (Å²) < 4.78 is 10.5. The summed E-state index contributed by atoms with van der Waals surface area (Å²) >= 11 is 0. The summed E-state index contributed by atoms with van der Waals surface area (Å²) in [6.07, 6.45) is 9.18. The molecule has 1 unspecified atom stereocenters. The first kappa shape index (κ1) is 19.7. The van der Waals surface area contributed by atoms with Crippen LogP contribution in [0.3, 0.4) is 0 Å². The van der Waals surface area contributed by atoms with Gasteiger partial charge in [0.05, 0.1) is 12.5 Å². The predicted octanol–water partition coefficient (Wildman–Crippen LogP) is 2.74. The molecule has 2 aliphatic carbocycles. The molecule has 0 aromatic rings. The van der Waals surface area contributed by atoms with Crippen molar-refractivity contribution in [2.24, 2.45) is 11.8 Å². The molecule has 0 radical (unpaired) electrons. The van der Waals surface area contributed by atoms with E-state index in [4.69, 9.17) is 9.47 Å². The van der Waals surface area contributed by atoms with Crippen LogP contribution in [-0.4, -0.2) is 37.1 Å². The van der Waals surface area contributed by atoms with Gasteiger partial charge in [0.25, 0.3) is 5.91 Å². The maximum atomic E-state index is 12.6. The Bertz CT molecular complexity index is 453. The summed E-state index contributed by atoms with van der Waals surface area (Å²) in [4.78, 5) is 36.5. The molecule has 0 spiro atoms. The van der Waals surface area contributed by atoms with Crippen molar-refractivity contribution in [1.29, 1.82) is 0 Å². The van der Waals surface area contributed by atoms with E-state index in [1.807, 2.05) is 0 Å². The highest BCUT2D eigenvalue weighted by atomic mass is 16.6. The first-order valence-electron chi connectivity index (χ1n) is 9.75. The molecule has 25 heavy (non-hydrogen) atoms. The molecule has 0 aromatic heterocycles. The maximum absolute atomic E-state index is 12.6. The Kier molecular flexibility index (Phi) is 8.22. The normalized spacial score (nSPS) is 20.5. The van der Waals surface area contributed by atoms with Crippen LogP contribution in [0, 0.1) is 11.8 Å². The molecule has 1 N–H and O–H groups in total. The van der Waals surface area contributed by atoms with E-state index >= 15 is 0 Å². The first-order chi connectivity index (χ1) is 12.1. The molecule has 0 bridgehead atoms. The van der Waals surface area contributed by atoms with Crippen LogP contribution in [0.2, 0.25) is 0 Å². The first-order valence-corrected chi connectivity index (χ1v) is 9.75. The molecule has 2 saturated carbocycles. The third-order valence-corrected chi connectivity index (χ3v) is 5.23. The number of amides is 1. The van der Waals surface area contributed by atoms with Crippen LogP contribution >= 0.6 is 0 Å². The Hall–Kier alpha value is -1.59. The average molecular weight is 353 g/mol. The van der Waals surface area contributed by atoms with Gasteiger partial charge in [-0.3, -0.25) is 14.4 Å². The Morgan fingerprint density at radius 2 is 1.56 bits per heavy atom. The molecule has 6 heteroatoms. The molecule has 0 aromatic carbocycles. The van der Waals surface area contributed by atoms with Crippen LogP contribution in [0.25, 0.3) is 0 Å². The predicted molar refractivity (Wildman–Crippen MR) is 92.7 cm³/mol. The zero-order valence-corrected chi connectivity index (χ0v) is 15.3. The van der Waals surface area contributed by atoms with Crippen molar-refractivity contribution in [3.63, 3.8) is 0 Å². The topological polar surface area (TPSA) is 81.7 Å². The van der Waals surface area contributed by atoms with Crippen LogP contribution < -0.4 is 5.32 Å². The van der Waals surface area contributed by atoms with Gasteiger partial charge in [-0.25, -0.2) is 0 Å². The third kappa shape index (κ3) is 6.33. The molecule has 142 valence electrons. The van der Waals surface area contributed by atoms with Gasteiger partial charge in [-0.2, -0.15) is 0 Å². The quantitative estimate of drug-likeness (QED) is 0.712. The van der Waals surface area contributed by atoms with E-state index < -0.39 is 12.1 Å². The van der Waals surface area contributed by atoms with E-state index in [1.165, 1.54) is 0 Å². The minimum atomic E-state index is -0.788. The average Bonchev–Trinajstić information content (AvgIpc) is 2.65. The zero-order valence-electron chi connectivity index (χ0n) is 15.3. The summed E-state index contributed by atoms with van der Waals surface area (Å²) in [6.45, 7) is 1.81. The van der Waals surface area contributed by atoms with Crippen LogP contribution in [0.5, 0.6) is 0 Å². The van der Waals surface area contributed by atoms with E-state index in [1.54, 1.807) is 6.92 Å². The van der Waals surface area contributed by atoms with Crippen LogP contribution in [0.15, 0.2) is 0 Å². The Morgan fingerprint density at radius 3 is 2.16 bits per heavy atom. The summed E-state index contributed by atoms with van der Waals surface area (Å²) in [5.41, 5.74) is 0. The number of ether oxygens (including phenoxy) is 2. The van der Waals surface area contributed by atoms with Gasteiger partial charge >= 0.3 is 11.9 Å². The molecular formula is C19H31NO5. The second-order valence-electron chi connectivity index (χ2n) is 7.11. The molecule has 1 atom stereocenters. The molecule has 0 aliphatic heterocycles. The summed E-state index contributed by atoms with van der Waals surface area (Å²) in [7, 11) is 0. The summed E-state index contributed by atoms with van der Waals surface area (Å²) in [5, 5.41) is 2.58. The smallest absolute Gasteiger partial charge is 0.325 e. The zero-order chi connectivity index (χ0) is 18.1. The Labute approximate surface area is 150 Å². The molecule has 6 nitrogen and oxygen atoms in total. The van der Waals surface area contributed by atoms with Crippen molar-refractivity contribution in [3.05, 3.63) is 0 Å². The number of hydrogen-bond acceptors (Lipinski definition) is 5. The minimum absolute atomic E-state index is 0.0449. The van der Waals surface area contributed by atoms with Crippen LogP contribution in [0.4, 0.5) is 0 Å². The maximum Gasteiger partial charge on any atom is 0.325 e. The lowest BCUT2D eigenvalue weighted by Crippen LogP contribution is -2.45. The SMILES string of the molecule is CCOC(=O)CNC(=O)C(OC(=O)C1CCCCC1)C1CCCCC1. The van der Waals surface area contributed by atoms with Gasteiger partial charge in [0.1, 0.15) is 6.54 Å². The van der Waals surface area contributed by atoms with E-state index in [0.29, 0.717) is 0 Å². The molecule has 2 fully saturated rings. The second-order valence-corrected chi connectivity index (χ2v) is 7.11. The fourth-order valence-corrected chi connectivity index (χ4v) is 3.83. The van der Waals surface area contributed by atoms with Crippen molar-refractivity contribution >= 4 is 17.8 Å². The van der Waals surface area contributed by atoms with Crippen molar-refractivity contribution in [2.75, 3.05) is 13.2 Å². The number of nitrogens with one attached hydrogen (secondary N) is 1. The molecule has 0 saturated heterocycles. The van der Waals surface area contributed by atoms with Gasteiger partial charge in [-0.1, -0.05) is 38.5 Å². The fourth-order valence-electron chi connectivity index (χ4n) is 3.83. The van der Waals surface area contributed by atoms with E-state index in [-0.39, 0.29) is 36.9 Å². The minimum Gasteiger partial charge on any atom is -0.465 e. The van der Waals surface area contributed by atoms with Crippen LogP contribution in [0.1, 0.15) is 71.1 Å². The van der Waals surface area contributed by atoms with Crippen LogP contribution in [-0.2, 0) is 23.9 Å². The van der Waals surface area contributed by atoms with Gasteiger partial charge in [0, 0.05) is 5.92 Å². The number of esters is 2. The lowest BCUT2D eigenvalue weighted by atomic mass is 9.84. The van der Waals surface area contributed by atoms with Crippen molar-refractivity contribution in [3.8, 4) is 0 Å². The van der Waals surface area contributed by atoms with Gasteiger partial charge < -0.3 is 14.8 Å². The van der Waals surface area contributed by atoms with Crippen molar-refractivity contribution in [1.82, 2.24) is 5.32 Å². The highest BCUT2D eigenvalue weighted by Crippen LogP contribution is 2.30. The molecule has 2 aliphatic rings. The largest absolute Gasteiger partial charge is 0.465 e. The number of hydrogen-bond donors (Lipinski definition) is 1. The number of rotatable bonds is 7. The van der Waals surface area contributed by atoms with E-state index in [9.17, 15) is 14.4 Å². The van der Waals surface area contributed by atoms with Gasteiger partial charge in [-0.15, -0.1) is 0 Å². The van der Waals surface area contributed by atoms with E-state index in [2.05, 4.69) is 5.32 Å². The van der Waals surface area contributed by atoms with Gasteiger partial charge in [-0.05, 0) is 32.6 Å². The monoisotopic (exact) mass is 353 g/mol. The lowest BCUT2D eigenvalue weighted by molar-refractivity contribution is -0.165. The molecule has 0 heterocycles. The fraction of sp³-hybridized carbons (Fsp3) is 0.842. The molecule has 1 amide bonds. The highest BCUT2D eigenvalue weighted by molar-refractivity contribution is 5.87. The highest BCUT2D eigenvalue weighted by Gasteiger charge is 2.35. The number of carbonyl (C=O) groups is 3. The second kappa shape index (κ2) is 10.4. The Morgan fingerprint density at radius 1 is 0.960 bits per heavy atom. The Balaban J connectivity index is 1.95. The summed E-state index contributed by atoms with van der Waals surface area (Å²) in [5.74, 6) is -1.14. The van der Waals surface area contributed by atoms with E-state index in [0.717, 1.165) is 64.2 Å².